The molecule has 0 bridgehead atoms. The summed E-state index contributed by atoms with van der Waals surface area (Å²) in [6, 6.07) is 0. The molecule has 0 heteroatoms. The van der Waals surface area contributed by atoms with Crippen molar-refractivity contribution in [2.45, 2.75) is 58.8 Å². The zero-order valence-corrected chi connectivity index (χ0v) is 8.66. The van der Waals surface area contributed by atoms with E-state index >= 15 is 0 Å². The highest BCUT2D eigenvalue weighted by molar-refractivity contribution is 5.09. The van der Waals surface area contributed by atoms with Gasteiger partial charge in [-0.2, -0.15) is 0 Å². The topological polar surface area (TPSA) is 0 Å². The third-order valence-corrected chi connectivity index (χ3v) is 3.36. The molecule has 0 N–H and O–H groups in total. The Bertz CT molecular complexity index is 149. The maximum atomic E-state index is 4.24. The molecule has 0 aliphatic heterocycles. The van der Waals surface area contributed by atoms with Crippen LogP contribution in [0.1, 0.15) is 58.8 Å². The standard InChI is InChI=1S/C12H22/c1-4-8-11(2)12(3)9-6-5-7-10-12/h2,4-10H2,1,3H3. The van der Waals surface area contributed by atoms with Crippen molar-refractivity contribution in [1.29, 1.82) is 0 Å². The quantitative estimate of drug-likeness (QED) is 0.548. The van der Waals surface area contributed by atoms with Crippen LogP contribution in [0.2, 0.25) is 0 Å². The van der Waals surface area contributed by atoms with E-state index in [0.29, 0.717) is 5.41 Å². The van der Waals surface area contributed by atoms with Gasteiger partial charge in [0, 0.05) is 0 Å². The monoisotopic (exact) mass is 166 g/mol. The van der Waals surface area contributed by atoms with E-state index in [2.05, 4.69) is 20.4 Å². The summed E-state index contributed by atoms with van der Waals surface area (Å²) in [6.45, 7) is 8.89. The Morgan fingerprint density at radius 3 is 2.33 bits per heavy atom. The zero-order valence-electron chi connectivity index (χ0n) is 8.66. The van der Waals surface area contributed by atoms with Crippen LogP contribution in [0.25, 0.3) is 0 Å². The van der Waals surface area contributed by atoms with Gasteiger partial charge in [-0.1, -0.05) is 51.7 Å². The van der Waals surface area contributed by atoms with Crippen molar-refractivity contribution in [3.63, 3.8) is 0 Å². The summed E-state index contributed by atoms with van der Waals surface area (Å²) in [5, 5.41) is 0. The molecule has 0 aromatic carbocycles. The second-order valence-corrected chi connectivity index (χ2v) is 4.47. The molecule has 1 saturated carbocycles. The minimum absolute atomic E-state index is 0.494. The van der Waals surface area contributed by atoms with Crippen LogP contribution in [0.4, 0.5) is 0 Å². The van der Waals surface area contributed by atoms with Crippen LogP contribution in [0, 0.1) is 5.41 Å². The molecule has 0 aromatic heterocycles. The number of hydrogen-bond acceptors (Lipinski definition) is 0. The van der Waals surface area contributed by atoms with E-state index in [-0.39, 0.29) is 0 Å². The summed E-state index contributed by atoms with van der Waals surface area (Å²) in [5.74, 6) is 0. The van der Waals surface area contributed by atoms with Crippen molar-refractivity contribution in [2.75, 3.05) is 0 Å². The Kier molecular flexibility index (Phi) is 3.37. The third kappa shape index (κ3) is 2.12. The lowest BCUT2D eigenvalue weighted by atomic mass is 9.70. The molecule has 0 nitrogen and oxygen atoms in total. The van der Waals surface area contributed by atoms with E-state index in [0.717, 1.165) is 0 Å². The van der Waals surface area contributed by atoms with Gasteiger partial charge in [0.15, 0.2) is 0 Å². The Labute approximate surface area is 77.1 Å². The van der Waals surface area contributed by atoms with Gasteiger partial charge in [-0.3, -0.25) is 0 Å². The Balaban J connectivity index is 2.50. The van der Waals surface area contributed by atoms with E-state index in [9.17, 15) is 0 Å². The molecule has 0 spiro atoms. The highest BCUT2D eigenvalue weighted by Crippen LogP contribution is 2.42. The van der Waals surface area contributed by atoms with Crippen LogP contribution in [0.5, 0.6) is 0 Å². The fraction of sp³-hybridized carbons (Fsp3) is 0.833. The molecule has 0 unspecified atom stereocenters. The predicted octanol–water partition coefficient (Wildman–Crippen LogP) is 4.31. The normalized spacial score (nSPS) is 22.2. The molecule has 0 amide bonds. The van der Waals surface area contributed by atoms with Crippen molar-refractivity contribution < 1.29 is 0 Å². The summed E-state index contributed by atoms with van der Waals surface area (Å²) in [6.07, 6.45) is 9.52. The molecule has 1 aliphatic carbocycles. The maximum absolute atomic E-state index is 4.24. The highest BCUT2D eigenvalue weighted by atomic mass is 14.3. The molecule has 70 valence electrons. The molecule has 0 heterocycles. The molecule has 0 saturated heterocycles. The summed E-state index contributed by atoms with van der Waals surface area (Å²) >= 11 is 0. The molecule has 0 aromatic rings. The van der Waals surface area contributed by atoms with Crippen molar-refractivity contribution in [3.05, 3.63) is 12.2 Å². The van der Waals surface area contributed by atoms with Gasteiger partial charge in [0.1, 0.15) is 0 Å². The molecular weight excluding hydrogens is 144 g/mol. The Morgan fingerprint density at radius 1 is 1.25 bits per heavy atom. The van der Waals surface area contributed by atoms with Gasteiger partial charge in [-0.05, 0) is 24.7 Å². The van der Waals surface area contributed by atoms with E-state index < -0.39 is 0 Å². The van der Waals surface area contributed by atoms with Crippen molar-refractivity contribution in [2.24, 2.45) is 5.41 Å². The van der Waals surface area contributed by atoms with Gasteiger partial charge < -0.3 is 0 Å². The second kappa shape index (κ2) is 4.11. The number of hydrogen-bond donors (Lipinski definition) is 0. The van der Waals surface area contributed by atoms with Crippen LogP contribution in [0.15, 0.2) is 12.2 Å². The smallest absolute Gasteiger partial charge is 0.0119 e. The summed E-state index contributed by atoms with van der Waals surface area (Å²) in [4.78, 5) is 0. The van der Waals surface area contributed by atoms with Gasteiger partial charge in [-0.25, -0.2) is 0 Å². The molecule has 1 rings (SSSR count). The molecule has 12 heavy (non-hydrogen) atoms. The largest absolute Gasteiger partial charge is 0.0993 e. The lowest BCUT2D eigenvalue weighted by Crippen LogP contribution is -2.22. The first-order valence-corrected chi connectivity index (χ1v) is 5.37. The maximum Gasteiger partial charge on any atom is -0.0119 e. The van der Waals surface area contributed by atoms with E-state index in [4.69, 9.17) is 0 Å². The molecular formula is C12H22. The van der Waals surface area contributed by atoms with Crippen LogP contribution < -0.4 is 0 Å². The summed E-state index contributed by atoms with van der Waals surface area (Å²) in [7, 11) is 0. The molecule has 0 atom stereocenters. The van der Waals surface area contributed by atoms with E-state index in [1.165, 1.54) is 50.5 Å². The first-order valence-electron chi connectivity index (χ1n) is 5.37. The first-order chi connectivity index (χ1) is 5.69. The average Bonchev–Trinajstić information content (AvgIpc) is 2.06. The minimum atomic E-state index is 0.494. The fourth-order valence-electron chi connectivity index (χ4n) is 2.29. The lowest BCUT2D eigenvalue weighted by molar-refractivity contribution is 0.261. The van der Waals surface area contributed by atoms with Gasteiger partial charge in [-0.15, -0.1) is 0 Å². The third-order valence-electron chi connectivity index (χ3n) is 3.36. The summed E-state index contributed by atoms with van der Waals surface area (Å²) < 4.78 is 0. The van der Waals surface area contributed by atoms with Crippen LogP contribution in [-0.4, -0.2) is 0 Å². The summed E-state index contributed by atoms with van der Waals surface area (Å²) in [5.41, 5.74) is 2.00. The first kappa shape index (κ1) is 9.83. The number of rotatable bonds is 3. The van der Waals surface area contributed by atoms with Crippen molar-refractivity contribution in [1.82, 2.24) is 0 Å². The van der Waals surface area contributed by atoms with Crippen molar-refractivity contribution in [3.8, 4) is 0 Å². The zero-order chi connectivity index (χ0) is 9.03. The van der Waals surface area contributed by atoms with Gasteiger partial charge >= 0.3 is 0 Å². The molecule has 0 radical (unpaired) electrons. The van der Waals surface area contributed by atoms with Crippen LogP contribution >= 0.6 is 0 Å². The highest BCUT2D eigenvalue weighted by Gasteiger charge is 2.28. The minimum Gasteiger partial charge on any atom is -0.0993 e. The SMILES string of the molecule is C=C(CCC)C1(C)CCCCC1. The number of allylic oxidation sites excluding steroid dienone is 1. The molecule has 1 aliphatic rings. The van der Waals surface area contributed by atoms with E-state index in [1.807, 2.05) is 0 Å². The average molecular weight is 166 g/mol. The van der Waals surface area contributed by atoms with Gasteiger partial charge in [0.25, 0.3) is 0 Å². The van der Waals surface area contributed by atoms with Crippen molar-refractivity contribution >= 4 is 0 Å². The predicted molar refractivity (Wildman–Crippen MR) is 55.2 cm³/mol. The van der Waals surface area contributed by atoms with E-state index in [1.54, 1.807) is 0 Å². The Hall–Kier alpha value is -0.260. The molecule has 1 fully saturated rings. The Morgan fingerprint density at radius 2 is 1.83 bits per heavy atom. The van der Waals surface area contributed by atoms with Gasteiger partial charge in [0.05, 0.1) is 0 Å². The van der Waals surface area contributed by atoms with Crippen LogP contribution in [0.3, 0.4) is 0 Å². The fourth-order valence-corrected chi connectivity index (χ4v) is 2.29. The van der Waals surface area contributed by atoms with Crippen LogP contribution in [-0.2, 0) is 0 Å². The van der Waals surface area contributed by atoms with Gasteiger partial charge in [0.2, 0.25) is 0 Å². The lowest BCUT2D eigenvalue weighted by Gasteiger charge is -2.35. The second-order valence-electron chi connectivity index (χ2n) is 4.47.